The summed E-state index contributed by atoms with van der Waals surface area (Å²) in [4.78, 5) is 0. The highest BCUT2D eigenvalue weighted by Crippen LogP contribution is 2.35. The van der Waals surface area contributed by atoms with Gasteiger partial charge in [0.05, 0.1) is 6.85 Å². The maximum atomic E-state index is 8.24. The van der Waals surface area contributed by atoms with Crippen LogP contribution in [0.4, 0.5) is 0 Å². The smallest absolute Gasteiger partial charge is 0.143 e. The summed E-state index contributed by atoms with van der Waals surface area (Å²) in [7, 11) is 0. The summed E-state index contributed by atoms with van der Waals surface area (Å²) in [6.45, 7) is 0. The molecule has 0 N–H and O–H groups in total. The second kappa shape index (κ2) is 9.53. The largest absolute Gasteiger partial charge is 0.455 e. The van der Waals surface area contributed by atoms with Crippen molar-refractivity contribution in [3.8, 4) is 33.4 Å². The zero-order valence-electron chi connectivity index (χ0n) is 25.6. The summed E-state index contributed by atoms with van der Waals surface area (Å²) in [5, 5.41) is 2.25. The maximum absolute atomic E-state index is 8.24. The zero-order valence-corrected chi connectivity index (χ0v) is 20.6. The van der Waals surface area contributed by atoms with Crippen molar-refractivity contribution < 1.29 is 11.3 Å². The van der Waals surface area contributed by atoms with E-state index >= 15 is 0 Å². The third-order valence-electron chi connectivity index (χ3n) is 7.04. The highest BCUT2D eigenvalue weighted by atomic mass is 16.3. The molecule has 6 aromatic carbocycles. The highest BCUT2D eigenvalue weighted by molar-refractivity contribution is 6.09. The van der Waals surface area contributed by atoms with E-state index in [1.54, 1.807) is 0 Å². The molecule has 0 aliphatic carbocycles. The Balaban J connectivity index is 1.09. The van der Waals surface area contributed by atoms with Crippen LogP contribution in [0.3, 0.4) is 0 Å². The molecule has 1 aromatic heterocycles. The van der Waals surface area contributed by atoms with Crippen LogP contribution in [0.15, 0.2) is 150 Å². The number of hydrogen-bond donors (Lipinski definition) is 0. The standard InChI is InChI=1S/C37H26O/c1-2-7-28(8-3-1)30-21-23-31(24-22-30)29-17-13-26(14-18-29)25-27-15-19-32(20-16-27)33-10-6-11-35-34-9-4-5-12-36(34)38-37(33)35/h1-24H,25H2/i1D,2D,3D,7D,8D. The summed E-state index contributed by atoms with van der Waals surface area (Å²) in [6.07, 6.45) is 0.809. The third-order valence-corrected chi connectivity index (χ3v) is 7.04. The minimum absolute atomic E-state index is 0.192. The first-order valence-corrected chi connectivity index (χ1v) is 12.7. The van der Waals surface area contributed by atoms with Gasteiger partial charge in [0, 0.05) is 16.3 Å². The van der Waals surface area contributed by atoms with E-state index in [1.165, 1.54) is 11.1 Å². The van der Waals surface area contributed by atoms with Crippen molar-refractivity contribution in [2.45, 2.75) is 6.42 Å². The molecule has 0 bridgehead atoms. The molecule has 0 aliphatic heterocycles. The van der Waals surface area contributed by atoms with Gasteiger partial charge in [-0.05, 0) is 51.4 Å². The summed E-state index contributed by atoms with van der Waals surface area (Å²) in [5.74, 6) is 0. The Bertz CT molecular complexity index is 2100. The van der Waals surface area contributed by atoms with Crippen LogP contribution in [-0.4, -0.2) is 0 Å². The van der Waals surface area contributed by atoms with Crippen LogP contribution in [-0.2, 0) is 6.42 Å². The molecular formula is C37H26O. The number of furan rings is 1. The Hall–Kier alpha value is -4.88. The molecule has 7 aromatic rings. The number of rotatable bonds is 5. The van der Waals surface area contributed by atoms with Gasteiger partial charge in [0.1, 0.15) is 11.2 Å². The van der Waals surface area contributed by atoms with Crippen LogP contribution in [0.5, 0.6) is 0 Å². The molecule has 1 heterocycles. The Labute approximate surface area is 229 Å². The van der Waals surface area contributed by atoms with Crippen LogP contribution in [0.2, 0.25) is 0 Å². The van der Waals surface area contributed by atoms with Crippen LogP contribution >= 0.6 is 0 Å². The molecule has 0 atom stereocenters. The first-order chi connectivity index (χ1) is 20.9. The van der Waals surface area contributed by atoms with Gasteiger partial charge in [-0.2, -0.15) is 0 Å². The van der Waals surface area contributed by atoms with E-state index in [0.29, 0.717) is 5.56 Å². The van der Waals surface area contributed by atoms with Crippen molar-refractivity contribution in [2.75, 3.05) is 0 Å². The molecule has 180 valence electrons. The van der Waals surface area contributed by atoms with Gasteiger partial charge < -0.3 is 4.42 Å². The van der Waals surface area contributed by atoms with Gasteiger partial charge in [-0.15, -0.1) is 0 Å². The van der Waals surface area contributed by atoms with E-state index < -0.39 is 0 Å². The average molecular weight is 492 g/mol. The Morgan fingerprint density at radius 1 is 0.474 bits per heavy atom. The molecule has 0 amide bonds. The highest BCUT2D eigenvalue weighted by Gasteiger charge is 2.11. The molecule has 0 unspecified atom stereocenters. The number of para-hydroxylation sites is 2. The molecule has 7 rings (SSSR count). The molecule has 38 heavy (non-hydrogen) atoms. The molecule has 0 spiro atoms. The Kier molecular flexibility index (Phi) is 4.40. The van der Waals surface area contributed by atoms with Gasteiger partial charge in [-0.3, -0.25) is 0 Å². The molecule has 0 saturated heterocycles. The lowest BCUT2D eigenvalue weighted by Gasteiger charge is -2.08. The average Bonchev–Trinajstić information content (AvgIpc) is 3.43. The van der Waals surface area contributed by atoms with Crippen molar-refractivity contribution in [1.82, 2.24) is 0 Å². The minimum atomic E-state index is -0.383. The fourth-order valence-corrected chi connectivity index (χ4v) is 5.05. The second-order valence-electron chi connectivity index (χ2n) is 9.43. The van der Waals surface area contributed by atoms with Crippen molar-refractivity contribution in [1.29, 1.82) is 0 Å². The van der Waals surface area contributed by atoms with Gasteiger partial charge in [0.15, 0.2) is 0 Å². The third kappa shape index (κ3) is 4.19. The topological polar surface area (TPSA) is 13.1 Å². The van der Waals surface area contributed by atoms with E-state index in [1.807, 2.05) is 42.5 Å². The van der Waals surface area contributed by atoms with Crippen molar-refractivity contribution >= 4 is 21.9 Å². The SMILES string of the molecule is [2H]c1c([2H])c([2H])c(-c2ccc(-c3ccc(Cc4ccc(-c5cccc6c5oc5ccccc56)cc4)cc3)cc2)c([2H])c1[2H]. The van der Waals surface area contributed by atoms with Gasteiger partial charge in [-0.25, -0.2) is 0 Å². The molecular weight excluding hydrogens is 460 g/mol. The zero-order chi connectivity index (χ0) is 29.7. The fourth-order valence-electron chi connectivity index (χ4n) is 5.05. The van der Waals surface area contributed by atoms with Crippen LogP contribution < -0.4 is 0 Å². The monoisotopic (exact) mass is 491 g/mol. The molecule has 0 radical (unpaired) electrons. The van der Waals surface area contributed by atoms with Crippen molar-refractivity contribution in [2.24, 2.45) is 0 Å². The molecule has 0 fully saturated rings. The van der Waals surface area contributed by atoms with Crippen molar-refractivity contribution in [3.63, 3.8) is 0 Å². The van der Waals surface area contributed by atoms with Crippen LogP contribution in [0.1, 0.15) is 18.0 Å². The summed E-state index contributed by atoms with van der Waals surface area (Å²) in [6, 6.07) is 37.6. The lowest BCUT2D eigenvalue weighted by atomic mass is 9.97. The molecule has 0 saturated carbocycles. The quantitative estimate of drug-likeness (QED) is 0.233. The van der Waals surface area contributed by atoms with E-state index in [9.17, 15) is 0 Å². The number of fused-ring (bicyclic) bond motifs is 3. The number of hydrogen-bond acceptors (Lipinski definition) is 1. The first kappa shape index (κ1) is 17.6. The summed E-state index contributed by atoms with van der Waals surface area (Å²) >= 11 is 0. The van der Waals surface area contributed by atoms with Gasteiger partial charge in [0.25, 0.3) is 0 Å². The predicted octanol–water partition coefficient (Wildman–Crippen LogP) is 10.2. The van der Waals surface area contributed by atoms with Crippen LogP contribution in [0.25, 0.3) is 55.3 Å². The molecule has 1 nitrogen and oxygen atoms in total. The van der Waals surface area contributed by atoms with Gasteiger partial charge in [-0.1, -0.05) is 139 Å². The Morgan fingerprint density at radius 3 is 1.71 bits per heavy atom. The van der Waals surface area contributed by atoms with E-state index in [2.05, 4.69) is 72.8 Å². The maximum Gasteiger partial charge on any atom is 0.143 e. The minimum Gasteiger partial charge on any atom is -0.455 e. The summed E-state index contributed by atoms with van der Waals surface area (Å²) in [5.41, 5.74) is 9.28. The normalized spacial score (nSPS) is 13.1. The van der Waals surface area contributed by atoms with Crippen molar-refractivity contribution in [3.05, 3.63) is 157 Å². The predicted molar refractivity (Wildman–Crippen MR) is 159 cm³/mol. The van der Waals surface area contributed by atoms with Crippen LogP contribution in [0, 0.1) is 0 Å². The van der Waals surface area contributed by atoms with Gasteiger partial charge in [0.2, 0.25) is 0 Å². The lowest BCUT2D eigenvalue weighted by molar-refractivity contribution is 0.670. The first-order valence-electron chi connectivity index (χ1n) is 15.2. The van der Waals surface area contributed by atoms with E-state index in [-0.39, 0.29) is 35.8 Å². The summed E-state index contributed by atoms with van der Waals surface area (Å²) < 4.78 is 46.4. The number of benzene rings is 6. The van der Waals surface area contributed by atoms with Gasteiger partial charge >= 0.3 is 0 Å². The molecule has 1 heteroatoms. The van der Waals surface area contributed by atoms with E-state index in [4.69, 9.17) is 11.3 Å². The fraction of sp³-hybridized carbons (Fsp3) is 0.0270. The van der Waals surface area contributed by atoms with E-state index in [0.717, 1.165) is 50.6 Å². The molecule has 0 aliphatic rings. The second-order valence-corrected chi connectivity index (χ2v) is 9.43. The lowest BCUT2D eigenvalue weighted by Crippen LogP contribution is -1.89. The Morgan fingerprint density at radius 2 is 1.03 bits per heavy atom.